The van der Waals surface area contributed by atoms with Crippen LogP contribution in [0.4, 0.5) is 0 Å². The predicted octanol–water partition coefficient (Wildman–Crippen LogP) is 25.5. The SMILES string of the molecule is c1ccc(-n2c3ccccc3c3cc(-c4ccc5c(c4)c4ccccc4n5-c4cccc(-c5nc(-c6ccc(-n7c8ccccc8c8cc(-c9ccc%10oc%11ccccc%11c%10c9)ccc87)cc6)cc(-c6ccc(-n7c8ccccc8c8cc9sc%10ccccc%10c9cc87)cc6)n5)c4)ccc32)cc1. The number of hydrogen-bond acceptors (Lipinski definition) is 4. The van der Waals surface area contributed by atoms with Gasteiger partial charge in [0.1, 0.15) is 11.2 Å². The Morgan fingerprint density at radius 2 is 0.598 bits per heavy atom. The average Bonchev–Trinajstić information content (AvgIpc) is 1.62. The van der Waals surface area contributed by atoms with E-state index in [9.17, 15) is 0 Å². The monoisotopic (exact) mass is 1320 g/mol. The van der Waals surface area contributed by atoms with E-state index in [1.54, 1.807) is 0 Å². The fraction of sp³-hybridized carbons (Fsp3) is 0. The van der Waals surface area contributed by atoms with Gasteiger partial charge in [-0.05, 0) is 174 Å². The summed E-state index contributed by atoms with van der Waals surface area (Å²) in [7, 11) is 0. The molecular weight excluding hydrogens is 1260 g/mol. The number of furan rings is 1. The van der Waals surface area contributed by atoms with Crippen LogP contribution >= 0.6 is 11.3 Å². The van der Waals surface area contributed by atoms with Gasteiger partial charge < -0.3 is 22.7 Å². The summed E-state index contributed by atoms with van der Waals surface area (Å²) in [5.74, 6) is 0.636. The highest BCUT2D eigenvalue weighted by Crippen LogP contribution is 2.45. The normalized spacial score (nSPS) is 12.1. The van der Waals surface area contributed by atoms with Crippen molar-refractivity contribution in [2.24, 2.45) is 0 Å². The molecule has 0 bridgehead atoms. The molecule has 7 nitrogen and oxygen atoms in total. The second kappa shape index (κ2) is 22.1. The Labute approximate surface area is 588 Å². The second-order valence-corrected chi connectivity index (χ2v) is 27.9. The highest BCUT2D eigenvalue weighted by Gasteiger charge is 2.22. The van der Waals surface area contributed by atoms with Crippen LogP contribution in [-0.4, -0.2) is 28.2 Å². The van der Waals surface area contributed by atoms with Crippen molar-refractivity contribution in [3.8, 4) is 78.9 Å². The molecule has 0 unspecified atom stereocenters. The summed E-state index contributed by atoms with van der Waals surface area (Å²) < 4.78 is 18.4. The minimum Gasteiger partial charge on any atom is -0.456 e. The van der Waals surface area contributed by atoms with Crippen LogP contribution in [0.15, 0.2) is 344 Å². The zero-order valence-electron chi connectivity index (χ0n) is 54.8. The summed E-state index contributed by atoms with van der Waals surface area (Å²) in [6, 6.07) is 124. The van der Waals surface area contributed by atoms with Crippen molar-refractivity contribution in [3.05, 3.63) is 340 Å². The molecule has 0 aliphatic rings. The van der Waals surface area contributed by atoms with E-state index in [1.807, 2.05) is 23.5 Å². The van der Waals surface area contributed by atoms with Crippen molar-refractivity contribution < 1.29 is 4.42 Å². The molecule has 22 aromatic rings. The molecule has 0 atom stereocenters. The Bertz CT molecular complexity index is 7240. The van der Waals surface area contributed by atoms with E-state index in [0.29, 0.717) is 5.82 Å². The molecule has 15 aromatic carbocycles. The van der Waals surface area contributed by atoms with Crippen molar-refractivity contribution in [2.75, 3.05) is 0 Å². The van der Waals surface area contributed by atoms with Gasteiger partial charge in [-0.25, -0.2) is 9.97 Å². The largest absolute Gasteiger partial charge is 0.456 e. The van der Waals surface area contributed by atoms with Gasteiger partial charge in [0, 0.05) is 113 Å². The first-order valence-electron chi connectivity index (χ1n) is 34.7. The average molecular weight is 1320 g/mol. The molecule has 474 valence electrons. The first-order valence-corrected chi connectivity index (χ1v) is 35.5. The summed E-state index contributed by atoms with van der Waals surface area (Å²) in [5.41, 5.74) is 24.6. The minimum absolute atomic E-state index is 0.636. The lowest BCUT2D eigenvalue weighted by Crippen LogP contribution is -1.99. The van der Waals surface area contributed by atoms with Gasteiger partial charge in [0.2, 0.25) is 0 Å². The molecule has 0 aliphatic heterocycles. The molecule has 0 radical (unpaired) electrons. The van der Waals surface area contributed by atoms with E-state index in [2.05, 4.69) is 346 Å². The molecular formula is C94H56N6OS. The molecule has 7 aromatic heterocycles. The van der Waals surface area contributed by atoms with Crippen LogP contribution in [0.5, 0.6) is 0 Å². The van der Waals surface area contributed by atoms with Crippen LogP contribution in [0.3, 0.4) is 0 Å². The Morgan fingerprint density at radius 1 is 0.206 bits per heavy atom. The number of aromatic nitrogens is 6. The maximum atomic E-state index is 6.23. The van der Waals surface area contributed by atoms with Gasteiger partial charge in [0.05, 0.1) is 55.5 Å². The van der Waals surface area contributed by atoms with Crippen molar-refractivity contribution in [3.63, 3.8) is 0 Å². The van der Waals surface area contributed by atoms with Crippen LogP contribution in [0.2, 0.25) is 0 Å². The van der Waals surface area contributed by atoms with Crippen molar-refractivity contribution in [1.29, 1.82) is 0 Å². The topological polar surface area (TPSA) is 58.6 Å². The van der Waals surface area contributed by atoms with Gasteiger partial charge in [-0.2, -0.15) is 0 Å². The van der Waals surface area contributed by atoms with Gasteiger partial charge in [0.25, 0.3) is 0 Å². The molecule has 0 aliphatic carbocycles. The highest BCUT2D eigenvalue weighted by atomic mass is 32.1. The Hall–Kier alpha value is -13.4. The first kappa shape index (κ1) is 56.6. The van der Waals surface area contributed by atoms with Crippen LogP contribution in [0, 0.1) is 0 Å². The van der Waals surface area contributed by atoms with E-state index in [0.717, 1.165) is 106 Å². The molecule has 0 spiro atoms. The highest BCUT2D eigenvalue weighted by molar-refractivity contribution is 7.25. The van der Waals surface area contributed by atoms with Gasteiger partial charge in [-0.1, -0.05) is 188 Å². The molecule has 0 N–H and O–H groups in total. The molecule has 7 heterocycles. The van der Waals surface area contributed by atoms with Gasteiger partial charge in [-0.15, -0.1) is 11.3 Å². The van der Waals surface area contributed by atoms with E-state index >= 15 is 0 Å². The lowest BCUT2D eigenvalue weighted by atomic mass is 10.0. The number of fused-ring (bicyclic) bond motifs is 18. The fourth-order valence-corrected chi connectivity index (χ4v) is 17.6. The number of nitrogens with zero attached hydrogens (tertiary/aromatic N) is 6. The summed E-state index contributed by atoms with van der Waals surface area (Å²) >= 11 is 1.86. The minimum atomic E-state index is 0.636. The molecule has 0 fully saturated rings. The summed E-state index contributed by atoms with van der Waals surface area (Å²) in [5, 5.41) is 14.5. The number of thiophene rings is 1. The Morgan fingerprint density at radius 3 is 1.15 bits per heavy atom. The molecule has 0 saturated carbocycles. The van der Waals surface area contributed by atoms with Gasteiger partial charge >= 0.3 is 0 Å². The quantitative estimate of drug-likeness (QED) is 0.145. The number of para-hydroxylation sites is 6. The second-order valence-electron chi connectivity index (χ2n) is 26.8. The number of hydrogen-bond donors (Lipinski definition) is 0. The third-order valence-corrected chi connectivity index (χ3v) is 22.3. The van der Waals surface area contributed by atoms with E-state index in [4.69, 9.17) is 14.4 Å². The number of benzene rings is 15. The third kappa shape index (κ3) is 8.67. The molecule has 102 heavy (non-hydrogen) atoms. The summed E-state index contributed by atoms with van der Waals surface area (Å²) in [6.07, 6.45) is 0. The lowest BCUT2D eigenvalue weighted by molar-refractivity contribution is 0.669. The van der Waals surface area contributed by atoms with E-state index in [1.165, 1.54) is 96.5 Å². The fourth-order valence-electron chi connectivity index (χ4n) is 16.5. The van der Waals surface area contributed by atoms with Crippen LogP contribution in [-0.2, 0) is 0 Å². The van der Waals surface area contributed by atoms with E-state index in [-0.39, 0.29) is 0 Å². The zero-order chi connectivity index (χ0) is 66.7. The van der Waals surface area contributed by atoms with Crippen molar-refractivity contribution >= 4 is 141 Å². The smallest absolute Gasteiger partial charge is 0.160 e. The molecule has 22 rings (SSSR count). The van der Waals surface area contributed by atoms with Crippen LogP contribution in [0.1, 0.15) is 0 Å². The maximum Gasteiger partial charge on any atom is 0.160 e. The Kier molecular flexibility index (Phi) is 12.2. The predicted molar refractivity (Wildman–Crippen MR) is 427 cm³/mol. The maximum absolute atomic E-state index is 6.23. The zero-order valence-corrected chi connectivity index (χ0v) is 55.6. The third-order valence-electron chi connectivity index (χ3n) is 21.2. The van der Waals surface area contributed by atoms with Crippen LogP contribution < -0.4 is 0 Å². The van der Waals surface area contributed by atoms with Crippen molar-refractivity contribution in [1.82, 2.24) is 28.2 Å². The first-order chi connectivity index (χ1) is 50.5. The van der Waals surface area contributed by atoms with Crippen LogP contribution in [0.25, 0.3) is 208 Å². The van der Waals surface area contributed by atoms with Gasteiger partial charge in [0.15, 0.2) is 5.82 Å². The van der Waals surface area contributed by atoms with Gasteiger partial charge in [-0.3, -0.25) is 0 Å². The number of rotatable bonds is 9. The molecule has 0 saturated heterocycles. The van der Waals surface area contributed by atoms with E-state index < -0.39 is 0 Å². The van der Waals surface area contributed by atoms with Crippen molar-refractivity contribution in [2.45, 2.75) is 0 Å². The molecule has 8 heteroatoms. The Balaban J connectivity index is 0.665. The lowest BCUT2D eigenvalue weighted by Gasteiger charge is -2.14. The standard InChI is InChI=1S/C94H56N6OS/c1-2-18-64(19-3-1)97-82-27-10-4-21-68(82)74-50-59(37-45-86(74)97)60-39-47-88-76(51-60)70-23-6-13-30-85(70)100(88)67-20-16-17-63(49-67)94-95-80(56-81(96-94)58-35-43-66(44-36-58)99-84-29-12-7-24-71(84)77-55-93-79(54-89(77)99)73-26-9-15-32-92(73)102-93)57-33-41-65(42-34-57)98-83-28-11-5-22-69(83)75-52-61(38-46-87(75)98)62-40-48-91-78(53-62)72-25-8-14-31-90(72)101-91/h1-56H. The summed E-state index contributed by atoms with van der Waals surface area (Å²) in [4.78, 5) is 11.1. The molecule has 0 amide bonds. The summed E-state index contributed by atoms with van der Waals surface area (Å²) in [6.45, 7) is 0.